The van der Waals surface area contributed by atoms with Gasteiger partial charge in [-0.2, -0.15) is 15.1 Å². The van der Waals surface area contributed by atoms with Crippen LogP contribution < -0.4 is 15.2 Å². The molecule has 1 aliphatic carbocycles. The highest BCUT2D eigenvalue weighted by atomic mass is 32.2. The molecule has 0 radical (unpaired) electrons. The Morgan fingerprint density at radius 3 is 2.73 bits per heavy atom. The van der Waals surface area contributed by atoms with Crippen LogP contribution in [0.15, 0.2) is 35.4 Å². The van der Waals surface area contributed by atoms with Gasteiger partial charge in [0.1, 0.15) is 5.39 Å². The van der Waals surface area contributed by atoms with E-state index in [1.54, 1.807) is 6.20 Å². The number of nitrogens with two attached hydrogens (primary N) is 1. The number of anilines is 2. The summed E-state index contributed by atoms with van der Waals surface area (Å²) in [6.45, 7) is 0.694. The second-order valence-corrected chi connectivity index (χ2v) is 7.27. The van der Waals surface area contributed by atoms with E-state index in [4.69, 9.17) is 9.88 Å². The van der Waals surface area contributed by atoms with Crippen molar-refractivity contribution in [2.75, 3.05) is 11.9 Å². The fourth-order valence-electron chi connectivity index (χ4n) is 3.27. The summed E-state index contributed by atoms with van der Waals surface area (Å²) in [6.07, 6.45) is 8.10. The molecule has 1 fully saturated rings. The molecule has 0 atom stereocenters. The molecule has 0 aliphatic heterocycles. The molecule has 136 valence electrons. The molecule has 7 nitrogen and oxygen atoms in total. The Morgan fingerprint density at radius 2 is 1.96 bits per heavy atom. The number of nitrogens with zero attached hydrogens (tertiary/aromatic N) is 3. The molecular formula is C18H22N6OS. The Balaban J connectivity index is 1.53. The zero-order chi connectivity index (χ0) is 17.8. The minimum absolute atomic E-state index is 0.480. The molecule has 0 unspecified atom stereocenters. The molecule has 0 amide bonds. The van der Waals surface area contributed by atoms with Crippen LogP contribution in [0.1, 0.15) is 32.1 Å². The summed E-state index contributed by atoms with van der Waals surface area (Å²) in [5.41, 5.74) is 1.55. The lowest BCUT2D eigenvalue weighted by Crippen LogP contribution is -2.16. The maximum Gasteiger partial charge on any atom is 0.232 e. The van der Waals surface area contributed by atoms with Crippen molar-refractivity contribution in [3.05, 3.63) is 30.5 Å². The molecule has 2 aromatic heterocycles. The highest BCUT2D eigenvalue weighted by Crippen LogP contribution is 2.28. The van der Waals surface area contributed by atoms with Crippen LogP contribution in [-0.4, -0.2) is 26.8 Å². The van der Waals surface area contributed by atoms with Crippen LogP contribution in [-0.2, 0) is 0 Å². The number of fused-ring (bicyclic) bond motifs is 1. The predicted molar refractivity (Wildman–Crippen MR) is 104 cm³/mol. The van der Waals surface area contributed by atoms with Gasteiger partial charge in [-0.25, -0.2) is 0 Å². The van der Waals surface area contributed by atoms with Crippen molar-refractivity contribution in [1.29, 1.82) is 0 Å². The fourth-order valence-corrected chi connectivity index (χ4v) is 3.56. The van der Waals surface area contributed by atoms with Gasteiger partial charge in [-0.1, -0.05) is 19.3 Å². The molecule has 4 N–H and O–H groups in total. The maximum atomic E-state index is 6.06. The molecule has 0 spiro atoms. The topological polar surface area (TPSA) is 102 Å². The number of aromatic amines is 1. The number of benzene rings is 1. The molecule has 4 rings (SSSR count). The Labute approximate surface area is 156 Å². The van der Waals surface area contributed by atoms with Gasteiger partial charge >= 0.3 is 0 Å². The predicted octanol–water partition coefficient (Wildman–Crippen LogP) is 4.02. The molecule has 1 saturated carbocycles. The fraction of sp³-hybridized carbons (Fsp3) is 0.389. The van der Waals surface area contributed by atoms with Gasteiger partial charge in [0.2, 0.25) is 11.8 Å². The van der Waals surface area contributed by atoms with Crippen molar-refractivity contribution in [3.8, 4) is 5.88 Å². The largest absolute Gasteiger partial charge is 0.477 e. The van der Waals surface area contributed by atoms with Gasteiger partial charge in [-0.3, -0.25) is 10.2 Å². The highest BCUT2D eigenvalue weighted by Gasteiger charge is 2.17. The third-order valence-corrected chi connectivity index (χ3v) is 5.25. The number of hydrogen-bond acceptors (Lipinski definition) is 7. The molecule has 1 aliphatic rings. The van der Waals surface area contributed by atoms with Gasteiger partial charge in [0.05, 0.1) is 12.8 Å². The molecule has 8 heteroatoms. The van der Waals surface area contributed by atoms with E-state index in [9.17, 15) is 0 Å². The molecular weight excluding hydrogens is 348 g/mol. The van der Waals surface area contributed by atoms with Crippen LogP contribution in [0.4, 0.5) is 11.6 Å². The summed E-state index contributed by atoms with van der Waals surface area (Å²) in [6, 6.07) is 7.78. The van der Waals surface area contributed by atoms with Crippen molar-refractivity contribution >= 4 is 34.6 Å². The van der Waals surface area contributed by atoms with Crippen LogP contribution in [0.2, 0.25) is 0 Å². The first-order valence-electron chi connectivity index (χ1n) is 8.89. The second-order valence-electron chi connectivity index (χ2n) is 6.57. The zero-order valence-corrected chi connectivity index (χ0v) is 15.3. The van der Waals surface area contributed by atoms with Gasteiger partial charge in [-0.05, 0) is 55.0 Å². The Kier molecular flexibility index (Phi) is 5.21. The molecule has 3 aromatic rings. The number of hydrogen-bond donors (Lipinski definition) is 3. The normalized spacial score (nSPS) is 15.3. The third kappa shape index (κ3) is 3.91. The second kappa shape index (κ2) is 7.92. The monoisotopic (exact) mass is 370 g/mol. The first-order valence-corrected chi connectivity index (χ1v) is 9.77. The minimum atomic E-state index is 0.480. The van der Waals surface area contributed by atoms with Gasteiger partial charge < -0.3 is 10.1 Å². The minimum Gasteiger partial charge on any atom is -0.477 e. The summed E-state index contributed by atoms with van der Waals surface area (Å²) < 4.78 is 6.06. The number of aromatic nitrogens is 4. The average molecular weight is 370 g/mol. The zero-order valence-electron chi connectivity index (χ0n) is 14.4. The number of rotatable bonds is 6. The highest BCUT2D eigenvalue weighted by molar-refractivity contribution is 7.97. The van der Waals surface area contributed by atoms with Gasteiger partial charge in [0, 0.05) is 10.6 Å². The molecule has 1 aromatic carbocycles. The van der Waals surface area contributed by atoms with Crippen LogP contribution >= 0.6 is 11.9 Å². The van der Waals surface area contributed by atoms with E-state index >= 15 is 0 Å². The summed E-state index contributed by atoms with van der Waals surface area (Å²) >= 11 is 1.22. The van der Waals surface area contributed by atoms with Crippen LogP contribution in [0, 0.1) is 5.92 Å². The van der Waals surface area contributed by atoms with E-state index < -0.39 is 0 Å². The van der Waals surface area contributed by atoms with Crippen molar-refractivity contribution in [3.63, 3.8) is 0 Å². The van der Waals surface area contributed by atoms with E-state index in [0.29, 0.717) is 30.0 Å². The van der Waals surface area contributed by atoms with E-state index in [-0.39, 0.29) is 0 Å². The number of H-pyrrole nitrogens is 1. The Morgan fingerprint density at radius 1 is 1.15 bits per heavy atom. The Bertz CT molecular complexity index is 860. The summed E-state index contributed by atoms with van der Waals surface area (Å²) in [5.74, 6) is 1.66. The summed E-state index contributed by atoms with van der Waals surface area (Å²) in [5, 5.41) is 16.6. The van der Waals surface area contributed by atoms with E-state index in [2.05, 4.69) is 25.5 Å². The summed E-state index contributed by atoms with van der Waals surface area (Å²) in [4.78, 5) is 10.0. The van der Waals surface area contributed by atoms with Crippen molar-refractivity contribution in [2.45, 2.75) is 37.0 Å². The first-order chi connectivity index (χ1) is 12.8. The lowest BCUT2D eigenvalue weighted by molar-refractivity contribution is 0.205. The van der Waals surface area contributed by atoms with Crippen LogP contribution in [0.3, 0.4) is 0 Å². The molecule has 0 saturated heterocycles. The van der Waals surface area contributed by atoms with Gasteiger partial charge in [0.15, 0.2) is 5.65 Å². The summed E-state index contributed by atoms with van der Waals surface area (Å²) in [7, 11) is 0. The van der Waals surface area contributed by atoms with E-state index in [0.717, 1.165) is 16.0 Å². The quantitative estimate of drug-likeness (QED) is 0.563. The SMILES string of the molecule is NSc1ccc(Nc2nc(OCC3CCCCC3)c3cn[nH]c3n2)cc1. The van der Waals surface area contributed by atoms with Crippen LogP contribution in [0.5, 0.6) is 5.88 Å². The lowest BCUT2D eigenvalue weighted by atomic mass is 9.90. The third-order valence-electron chi connectivity index (χ3n) is 4.70. The van der Waals surface area contributed by atoms with Crippen LogP contribution in [0.25, 0.3) is 11.0 Å². The van der Waals surface area contributed by atoms with Gasteiger partial charge in [0.25, 0.3) is 0 Å². The average Bonchev–Trinajstić information content (AvgIpc) is 3.16. The first kappa shape index (κ1) is 17.1. The van der Waals surface area contributed by atoms with Gasteiger partial charge in [-0.15, -0.1) is 0 Å². The van der Waals surface area contributed by atoms with E-state index in [1.165, 1.54) is 44.1 Å². The van der Waals surface area contributed by atoms with Crippen molar-refractivity contribution < 1.29 is 4.74 Å². The molecule has 2 heterocycles. The standard InChI is InChI=1S/C18H22N6OS/c19-26-14-8-6-13(7-9-14)21-18-22-16-15(10-20-24-16)17(23-18)25-11-12-4-2-1-3-5-12/h6-10,12H,1-5,11,19H2,(H2,20,21,22,23,24). The Hall–Kier alpha value is -2.32. The molecule has 0 bridgehead atoms. The van der Waals surface area contributed by atoms with Crippen molar-refractivity contribution in [1.82, 2.24) is 20.2 Å². The smallest absolute Gasteiger partial charge is 0.232 e. The number of ether oxygens (including phenoxy) is 1. The molecule has 26 heavy (non-hydrogen) atoms. The van der Waals surface area contributed by atoms with E-state index in [1.807, 2.05) is 24.3 Å². The van der Waals surface area contributed by atoms with Crippen molar-refractivity contribution in [2.24, 2.45) is 11.1 Å². The number of nitrogens with one attached hydrogen (secondary N) is 2. The lowest BCUT2D eigenvalue weighted by Gasteiger charge is -2.21. The maximum absolute atomic E-state index is 6.06.